The minimum absolute atomic E-state index is 0.177. The molecule has 0 aliphatic heterocycles. The van der Waals surface area contributed by atoms with Crippen LogP contribution in [0.3, 0.4) is 0 Å². The predicted molar refractivity (Wildman–Crippen MR) is 72.6 cm³/mol. The van der Waals surface area contributed by atoms with E-state index in [1.807, 2.05) is 20.2 Å². The van der Waals surface area contributed by atoms with Gasteiger partial charge in [-0.1, -0.05) is 17.7 Å². The molecule has 0 radical (unpaired) electrons. The third-order valence-corrected chi connectivity index (χ3v) is 2.68. The fourth-order valence-corrected chi connectivity index (χ4v) is 1.84. The molecule has 0 amide bonds. The Hall–Kier alpha value is -1.06. The Morgan fingerprint density at radius 2 is 2.00 bits per heavy atom. The van der Waals surface area contributed by atoms with Crippen LogP contribution in [0.25, 0.3) is 0 Å². The summed E-state index contributed by atoms with van der Waals surface area (Å²) in [6.07, 6.45) is 0.880. The van der Waals surface area contributed by atoms with E-state index in [0.717, 1.165) is 18.7 Å². The minimum Gasteiger partial charge on any atom is -0.493 e. The van der Waals surface area contributed by atoms with Crippen molar-refractivity contribution in [3.05, 3.63) is 29.3 Å². The molecule has 0 saturated heterocycles. The molecule has 1 aromatic carbocycles. The quantitative estimate of drug-likeness (QED) is 0.820. The highest BCUT2D eigenvalue weighted by atomic mass is 16.5. The molecule has 0 aromatic heterocycles. The first kappa shape index (κ1) is 14.0. The highest BCUT2D eigenvalue weighted by Gasteiger charge is 2.05. The lowest BCUT2D eigenvalue weighted by Gasteiger charge is -2.17. The van der Waals surface area contributed by atoms with Crippen molar-refractivity contribution in [2.24, 2.45) is 5.73 Å². The lowest BCUT2D eigenvalue weighted by atomic mass is 10.1. The molecular weight excluding hydrogens is 212 g/mol. The smallest absolute Gasteiger partial charge is 0.122 e. The number of benzene rings is 1. The van der Waals surface area contributed by atoms with E-state index >= 15 is 0 Å². The second-order valence-electron chi connectivity index (χ2n) is 4.93. The Labute approximate surface area is 105 Å². The van der Waals surface area contributed by atoms with Crippen LogP contribution in [0.2, 0.25) is 0 Å². The molecule has 1 atom stereocenters. The summed E-state index contributed by atoms with van der Waals surface area (Å²) in [5.41, 5.74) is 8.43. The maximum absolute atomic E-state index is 5.98. The summed E-state index contributed by atoms with van der Waals surface area (Å²) in [5, 5.41) is 0. The van der Waals surface area contributed by atoms with Crippen LogP contribution < -0.4 is 10.5 Å². The molecule has 0 aliphatic carbocycles. The van der Waals surface area contributed by atoms with Crippen molar-refractivity contribution in [2.75, 3.05) is 27.2 Å². The van der Waals surface area contributed by atoms with Crippen molar-refractivity contribution in [3.8, 4) is 5.75 Å². The highest BCUT2D eigenvalue weighted by Crippen LogP contribution is 2.18. The van der Waals surface area contributed by atoms with E-state index in [1.165, 1.54) is 11.1 Å². The number of likely N-dealkylation sites (N-methyl/N-ethyl adjacent to an activating group) is 1. The van der Waals surface area contributed by atoms with Crippen LogP contribution in [0.15, 0.2) is 18.2 Å². The zero-order valence-corrected chi connectivity index (χ0v) is 11.4. The standard InChI is InChI=1S/C14H24N2O/c1-11-5-6-14(12(2)9-11)17-8-7-13(15)10-16(3)4/h5-6,9,13H,7-8,10,15H2,1-4H3. The van der Waals surface area contributed by atoms with Crippen LogP contribution in [0.4, 0.5) is 0 Å². The summed E-state index contributed by atoms with van der Waals surface area (Å²) in [7, 11) is 4.07. The lowest BCUT2D eigenvalue weighted by Crippen LogP contribution is -2.34. The molecule has 1 unspecified atom stereocenters. The zero-order valence-electron chi connectivity index (χ0n) is 11.4. The minimum atomic E-state index is 0.177. The number of aryl methyl sites for hydroxylation is 2. The van der Waals surface area contributed by atoms with Gasteiger partial charge in [-0.25, -0.2) is 0 Å². The van der Waals surface area contributed by atoms with Crippen molar-refractivity contribution in [2.45, 2.75) is 26.3 Å². The fourth-order valence-electron chi connectivity index (χ4n) is 1.84. The maximum atomic E-state index is 5.98. The molecule has 0 spiro atoms. The van der Waals surface area contributed by atoms with Gasteiger partial charge in [-0.05, 0) is 46.0 Å². The average molecular weight is 236 g/mol. The Bertz CT molecular complexity index is 350. The van der Waals surface area contributed by atoms with Gasteiger partial charge in [0.15, 0.2) is 0 Å². The normalized spacial score (nSPS) is 12.8. The van der Waals surface area contributed by atoms with Gasteiger partial charge in [0.25, 0.3) is 0 Å². The van der Waals surface area contributed by atoms with Gasteiger partial charge in [0, 0.05) is 12.6 Å². The first-order chi connectivity index (χ1) is 7.99. The van der Waals surface area contributed by atoms with Gasteiger partial charge in [-0.15, -0.1) is 0 Å². The molecule has 3 heteroatoms. The van der Waals surface area contributed by atoms with E-state index in [4.69, 9.17) is 10.5 Å². The van der Waals surface area contributed by atoms with E-state index < -0.39 is 0 Å². The van der Waals surface area contributed by atoms with Gasteiger partial charge in [0.1, 0.15) is 5.75 Å². The summed E-state index contributed by atoms with van der Waals surface area (Å²) < 4.78 is 5.75. The second kappa shape index (κ2) is 6.62. The number of nitrogens with two attached hydrogens (primary N) is 1. The molecule has 0 fully saturated rings. The Kier molecular flexibility index (Phi) is 5.45. The van der Waals surface area contributed by atoms with Crippen molar-refractivity contribution >= 4 is 0 Å². The molecule has 0 heterocycles. The van der Waals surface area contributed by atoms with Gasteiger partial charge in [0.2, 0.25) is 0 Å². The van der Waals surface area contributed by atoms with Gasteiger partial charge in [-0.2, -0.15) is 0 Å². The number of hydrogen-bond acceptors (Lipinski definition) is 3. The predicted octanol–water partition coefficient (Wildman–Crippen LogP) is 1.96. The van der Waals surface area contributed by atoms with Crippen LogP contribution in [-0.2, 0) is 0 Å². The first-order valence-corrected chi connectivity index (χ1v) is 6.09. The van der Waals surface area contributed by atoms with Crippen LogP contribution in [0, 0.1) is 13.8 Å². The molecule has 17 heavy (non-hydrogen) atoms. The fraction of sp³-hybridized carbons (Fsp3) is 0.571. The molecule has 2 N–H and O–H groups in total. The van der Waals surface area contributed by atoms with Crippen LogP contribution in [0.1, 0.15) is 17.5 Å². The third-order valence-electron chi connectivity index (χ3n) is 2.68. The summed E-state index contributed by atoms with van der Waals surface area (Å²) in [4.78, 5) is 2.10. The van der Waals surface area contributed by atoms with Crippen molar-refractivity contribution in [1.82, 2.24) is 4.90 Å². The Balaban J connectivity index is 2.35. The highest BCUT2D eigenvalue weighted by molar-refractivity contribution is 5.35. The third kappa shape index (κ3) is 5.20. The monoisotopic (exact) mass is 236 g/mol. The van der Waals surface area contributed by atoms with E-state index in [1.54, 1.807) is 0 Å². The van der Waals surface area contributed by atoms with Crippen molar-refractivity contribution in [3.63, 3.8) is 0 Å². The van der Waals surface area contributed by atoms with Crippen LogP contribution >= 0.6 is 0 Å². The molecule has 1 rings (SSSR count). The van der Waals surface area contributed by atoms with Crippen LogP contribution in [0.5, 0.6) is 5.75 Å². The van der Waals surface area contributed by atoms with Gasteiger partial charge < -0.3 is 15.4 Å². The summed E-state index contributed by atoms with van der Waals surface area (Å²) in [6, 6.07) is 6.41. The summed E-state index contributed by atoms with van der Waals surface area (Å²) in [5.74, 6) is 0.965. The molecule has 3 nitrogen and oxygen atoms in total. The molecule has 0 aliphatic rings. The van der Waals surface area contributed by atoms with E-state index in [9.17, 15) is 0 Å². The number of nitrogens with zero attached hydrogens (tertiary/aromatic N) is 1. The van der Waals surface area contributed by atoms with Crippen molar-refractivity contribution in [1.29, 1.82) is 0 Å². The SMILES string of the molecule is Cc1ccc(OCCC(N)CN(C)C)c(C)c1. The van der Waals surface area contributed by atoms with E-state index in [2.05, 4.69) is 30.9 Å². The summed E-state index contributed by atoms with van der Waals surface area (Å²) in [6.45, 7) is 5.74. The van der Waals surface area contributed by atoms with E-state index in [0.29, 0.717) is 6.61 Å². The number of ether oxygens (including phenoxy) is 1. The van der Waals surface area contributed by atoms with Crippen LogP contribution in [-0.4, -0.2) is 38.2 Å². The number of hydrogen-bond donors (Lipinski definition) is 1. The molecule has 96 valence electrons. The number of rotatable bonds is 6. The topological polar surface area (TPSA) is 38.5 Å². The molecule has 0 saturated carbocycles. The zero-order chi connectivity index (χ0) is 12.8. The lowest BCUT2D eigenvalue weighted by molar-refractivity contribution is 0.275. The average Bonchev–Trinajstić information content (AvgIpc) is 2.20. The van der Waals surface area contributed by atoms with Crippen molar-refractivity contribution < 1.29 is 4.74 Å². The first-order valence-electron chi connectivity index (χ1n) is 6.09. The molecular formula is C14H24N2O. The van der Waals surface area contributed by atoms with E-state index in [-0.39, 0.29) is 6.04 Å². The molecule has 0 bridgehead atoms. The Morgan fingerprint density at radius 1 is 1.29 bits per heavy atom. The van der Waals surface area contributed by atoms with Gasteiger partial charge >= 0.3 is 0 Å². The largest absolute Gasteiger partial charge is 0.493 e. The molecule has 1 aromatic rings. The Morgan fingerprint density at radius 3 is 2.59 bits per heavy atom. The maximum Gasteiger partial charge on any atom is 0.122 e. The van der Waals surface area contributed by atoms with Gasteiger partial charge in [0.05, 0.1) is 6.61 Å². The summed E-state index contributed by atoms with van der Waals surface area (Å²) >= 11 is 0. The van der Waals surface area contributed by atoms with Gasteiger partial charge in [-0.3, -0.25) is 0 Å². The second-order valence-corrected chi connectivity index (χ2v) is 4.93.